The Morgan fingerprint density at radius 3 is 2.66 bits per heavy atom. The number of carbonyl (C=O) groups is 1. The molecule has 2 aromatic heterocycles. The molecule has 150 valence electrons. The van der Waals surface area contributed by atoms with Gasteiger partial charge in [-0.1, -0.05) is 18.2 Å². The number of hydrogen-bond acceptors (Lipinski definition) is 5. The molecule has 0 spiro atoms. The number of aryl methyl sites for hydroxylation is 3. The van der Waals surface area contributed by atoms with E-state index in [1.807, 2.05) is 61.9 Å². The molecular formula is C22H26N6O. The van der Waals surface area contributed by atoms with Crippen LogP contribution >= 0.6 is 0 Å². The minimum absolute atomic E-state index is 0.0665. The number of rotatable bonds is 4. The van der Waals surface area contributed by atoms with E-state index in [9.17, 15) is 4.79 Å². The van der Waals surface area contributed by atoms with Gasteiger partial charge in [0.2, 0.25) is 5.91 Å². The fraction of sp³-hybridized carbons (Fsp3) is 0.364. The Bertz CT molecular complexity index is 1030. The summed E-state index contributed by atoms with van der Waals surface area (Å²) in [6, 6.07) is 11.8. The average Bonchev–Trinajstić information content (AvgIpc) is 3.08. The van der Waals surface area contributed by atoms with E-state index in [0.717, 1.165) is 53.7 Å². The van der Waals surface area contributed by atoms with Gasteiger partial charge in [0.1, 0.15) is 12.1 Å². The first-order chi connectivity index (χ1) is 14.0. The van der Waals surface area contributed by atoms with Crippen LogP contribution in [-0.4, -0.2) is 38.7 Å². The number of nitrogens with zero attached hydrogens (tertiary/aromatic N) is 5. The number of anilines is 2. The number of benzene rings is 1. The predicted octanol–water partition coefficient (Wildman–Crippen LogP) is 3.44. The molecule has 0 bridgehead atoms. The fourth-order valence-electron chi connectivity index (χ4n) is 3.83. The number of hydrogen-bond donors (Lipinski definition) is 1. The molecule has 3 aromatic rings. The summed E-state index contributed by atoms with van der Waals surface area (Å²) in [6.45, 7) is 7.50. The summed E-state index contributed by atoms with van der Waals surface area (Å²) in [7, 11) is 0. The number of carbonyl (C=O) groups excluding carboxylic acids is 1. The number of piperidine rings is 1. The second kappa shape index (κ2) is 8.03. The van der Waals surface area contributed by atoms with Crippen molar-refractivity contribution >= 4 is 17.4 Å². The molecule has 1 aliphatic heterocycles. The Labute approximate surface area is 170 Å². The van der Waals surface area contributed by atoms with Gasteiger partial charge in [-0.05, 0) is 51.3 Å². The van der Waals surface area contributed by atoms with E-state index in [4.69, 9.17) is 0 Å². The molecule has 1 fully saturated rings. The van der Waals surface area contributed by atoms with Crippen LogP contribution in [0.25, 0.3) is 5.82 Å². The molecule has 7 heteroatoms. The van der Waals surface area contributed by atoms with E-state index in [1.165, 1.54) is 0 Å². The van der Waals surface area contributed by atoms with Gasteiger partial charge in [0, 0.05) is 30.5 Å². The summed E-state index contributed by atoms with van der Waals surface area (Å²) in [4.78, 5) is 23.9. The largest absolute Gasteiger partial charge is 0.356 e. The number of para-hydroxylation sites is 1. The van der Waals surface area contributed by atoms with Crippen LogP contribution in [0.3, 0.4) is 0 Å². The van der Waals surface area contributed by atoms with Crippen molar-refractivity contribution in [2.75, 3.05) is 23.3 Å². The van der Waals surface area contributed by atoms with Gasteiger partial charge in [-0.3, -0.25) is 4.79 Å². The van der Waals surface area contributed by atoms with E-state index >= 15 is 0 Å². The van der Waals surface area contributed by atoms with E-state index < -0.39 is 0 Å². The third-order valence-corrected chi connectivity index (χ3v) is 5.38. The molecule has 1 saturated heterocycles. The highest BCUT2D eigenvalue weighted by atomic mass is 16.1. The van der Waals surface area contributed by atoms with Crippen molar-refractivity contribution in [1.82, 2.24) is 19.7 Å². The maximum Gasteiger partial charge on any atom is 0.229 e. The van der Waals surface area contributed by atoms with Crippen LogP contribution in [-0.2, 0) is 4.79 Å². The summed E-state index contributed by atoms with van der Waals surface area (Å²) in [5.74, 6) is 1.57. The third-order valence-electron chi connectivity index (χ3n) is 5.38. The SMILES string of the molecule is Cc1cc(C)n(-c2cc(N3CCCC(C(=O)Nc4ccccc4C)C3)ncn2)n1. The normalized spacial score (nSPS) is 16.7. The molecule has 0 radical (unpaired) electrons. The highest BCUT2D eigenvalue weighted by Crippen LogP contribution is 2.24. The van der Waals surface area contributed by atoms with Gasteiger partial charge in [-0.25, -0.2) is 14.6 Å². The highest BCUT2D eigenvalue weighted by molar-refractivity contribution is 5.93. The van der Waals surface area contributed by atoms with Crippen molar-refractivity contribution in [2.45, 2.75) is 33.6 Å². The standard InChI is InChI=1S/C22H26N6O/c1-15-7-4-5-9-19(15)25-22(29)18-8-6-10-27(13-18)20-12-21(24-14-23-20)28-17(3)11-16(2)26-28/h4-5,7,9,11-12,14,18H,6,8,10,13H2,1-3H3,(H,25,29). The zero-order valence-electron chi connectivity index (χ0n) is 17.1. The maximum atomic E-state index is 12.8. The van der Waals surface area contributed by atoms with Crippen molar-refractivity contribution in [2.24, 2.45) is 5.92 Å². The zero-order valence-corrected chi connectivity index (χ0v) is 17.1. The molecular weight excluding hydrogens is 364 g/mol. The topological polar surface area (TPSA) is 75.9 Å². The van der Waals surface area contributed by atoms with Gasteiger partial charge < -0.3 is 10.2 Å². The summed E-state index contributed by atoms with van der Waals surface area (Å²) in [6.07, 6.45) is 3.40. The molecule has 1 N–H and O–H groups in total. The molecule has 3 heterocycles. The summed E-state index contributed by atoms with van der Waals surface area (Å²) in [5, 5.41) is 7.60. The monoisotopic (exact) mass is 390 g/mol. The molecule has 1 amide bonds. The molecule has 1 atom stereocenters. The van der Waals surface area contributed by atoms with Gasteiger partial charge in [-0.15, -0.1) is 0 Å². The lowest BCUT2D eigenvalue weighted by molar-refractivity contribution is -0.120. The third kappa shape index (κ3) is 4.13. The van der Waals surface area contributed by atoms with Crippen LogP contribution in [0.2, 0.25) is 0 Å². The molecule has 4 rings (SSSR count). The van der Waals surface area contributed by atoms with Crippen LogP contribution in [0.4, 0.5) is 11.5 Å². The van der Waals surface area contributed by atoms with Gasteiger partial charge in [-0.2, -0.15) is 5.10 Å². The maximum absolute atomic E-state index is 12.8. The number of amides is 1. The van der Waals surface area contributed by atoms with Crippen LogP contribution < -0.4 is 10.2 Å². The highest BCUT2D eigenvalue weighted by Gasteiger charge is 2.27. The van der Waals surface area contributed by atoms with Crippen molar-refractivity contribution in [1.29, 1.82) is 0 Å². The Morgan fingerprint density at radius 1 is 1.10 bits per heavy atom. The van der Waals surface area contributed by atoms with Crippen LogP contribution in [0.5, 0.6) is 0 Å². The van der Waals surface area contributed by atoms with Crippen molar-refractivity contribution < 1.29 is 4.79 Å². The van der Waals surface area contributed by atoms with Crippen LogP contribution in [0.1, 0.15) is 29.8 Å². The first-order valence-electron chi connectivity index (χ1n) is 9.98. The van der Waals surface area contributed by atoms with Gasteiger partial charge in [0.15, 0.2) is 5.82 Å². The molecule has 7 nitrogen and oxygen atoms in total. The summed E-state index contributed by atoms with van der Waals surface area (Å²) >= 11 is 0. The van der Waals surface area contributed by atoms with Crippen LogP contribution in [0.15, 0.2) is 42.7 Å². The summed E-state index contributed by atoms with van der Waals surface area (Å²) < 4.78 is 1.83. The minimum atomic E-state index is -0.0737. The van der Waals surface area contributed by atoms with E-state index in [0.29, 0.717) is 6.54 Å². The van der Waals surface area contributed by atoms with Gasteiger partial charge in [0.25, 0.3) is 0 Å². The molecule has 29 heavy (non-hydrogen) atoms. The van der Waals surface area contributed by atoms with Crippen molar-refractivity contribution in [3.05, 3.63) is 59.7 Å². The Morgan fingerprint density at radius 2 is 1.90 bits per heavy atom. The fourth-order valence-corrected chi connectivity index (χ4v) is 3.83. The molecule has 1 unspecified atom stereocenters. The Hall–Kier alpha value is -3.22. The lowest BCUT2D eigenvalue weighted by Gasteiger charge is -2.33. The molecule has 1 aliphatic rings. The van der Waals surface area contributed by atoms with Crippen LogP contribution in [0, 0.1) is 26.7 Å². The van der Waals surface area contributed by atoms with Gasteiger partial charge >= 0.3 is 0 Å². The zero-order chi connectivity index (χ0) is 20.4. The Balaban J connectivity index is 1.50. The second-order valence-electron chi connectivity index (χ2n) is 7.66. The quantitative estimate of drug-likeness (QED) is 0.738. The second-order valence-corrected chi connectivity index (χ2v) is 7.66. The minimum Gasteiger partial charge on any atom is -0.356 e. The van der Waals surface area contributed by atoms with E-state index in [2.05, 4.69) is 25.3 Å². The molecule has 0 aliphatic carbocycles. The first-order valence-corrected chi connectivity index (χ1v) is 9.98. The molecule has 0 saturated carbocycles. The predicted molar refractivity (Wildman–Crippen MR) is 113 cm³/mol. The number of aromatic nitrogens is 4. The van der Waals surface area contributed by atoms with Gasteiger partial charge in [0.05, 0.1) is 11.6 Å². The lowest BCUT2D eigenvalue weighted by Crippen LogP contribution is -2.41. The van der Waals surface area contributed by atoms with E-state index in [1.54, 1.807) is 6.33 Å². The first kappa shape index (κ1) is 19.1. The molecule has 1 aromatic carbocycles. The van der Waals surface area contributed by atoms with Crippen molar-refractivity contribution in [3.8, 4) is 5.82 Å². The van der Waals surface area contributed by atoms with E-state index in [-0.39, 0.29) is 11.8 Å². The Kier molecular flexibility index (Phi) is 5.29. The smallest absolute Gasteiger partial charge is 0.229 e. The lowest BCUT2D eigenvalue weighted by atomic mass is 9.97. The average molecular weight is 390 g/mol. The number of nitrogens with one attached hydrogen (secondary N) is 1. The summed E-state index contributed by atoms with van der Waals surface area (Å²) in [5.41, 5.74) is 3.93. The van der Waals surface area contributed by atoms with Crippen molar-refractivity contribution in [3.63, 3.8) is 0 Å².